The molecule has 4 nitrogen and oxygen atoms in total. The summed E-state index contributed by atoms with van der Waals surface area (Å²) in [6.45, 7) is 2.11. The van der Waals surface area contributed by atoms with Gasteiger partial charge in [-0.15, -0.1) is 12.4 Å². The van der Waals surface area contributed by atoms with E-state index in [2.05, 4.69) is 0 Å². The van der Waals surface area contributed by atoms with E-state index in [1.54, 1.807) is 18.2 Å². The van der Waals surface area contributed by atoms with E-state index in [1.165, 1.54) is 24.3 Å². The Bertz CT molecular complexity index is 704. The summed E-state index contributed by atoms with van der Waals surface area (Å²) in [7, 11) is 0. The maximum absolute atomic E-state index is 13.5. The van der Waals surface area contributed by atoms with Gasteiger partial charge < -0.3 is 14.6 Å². The third-order valence-electron chi connectivity index (χ3n) is 4.11. The first-order valence-corrected chi connectivity index (χ1v) is 8.26. The molecule has 142 valence electrons. The van der Waals surface area contributed by atoms with E-state index in [-0.39, 0.29) is 36.7 Å². The van der Waals surface area contributed by atoms with Gasteiger partial charge in [-0.2, -0.15) is 0 Å². The summed E-state index contributed by atoms with van der Waals surface area (Å²) in [6.07, 6.45) is -0.991. The van der Waals surface area contributed by atoms with Crippen LogP contribution in [0.15, 0.2) is 48.5 Å². The fourth-order valence-corrected chi connectivity index (χ4v) is 2.88. The average molecular weight is 386 g/mol. The van der Waals surface area contributed by atoms with E-state index >= 15 is 0 Å². The molecule has 1 fully saturated rings. The lowest BCUT2D eigenvalue weighted by Gasteiger charge is -2.34. The van der Waals surface area contributed by atoms with Gasteiger partial charge in [0.1, 0.15) is 18.5 Å². The lowest BCUT2D eigenvalue weighted by Crippen LogP contribution is -2.43. The fourth-order valence-electron chi connectivity index (χ4n) is 2.88. The molecule has 0 radical (unpaired) electrons. The first-order valence-electron chi connectivity index (χ1n) is 8.26. The molecule has 2 unspecified atom stereocenters. The van der Waals surface area contributed by atoms with E-state index in [0.717, 1.165) is 5.56 Å². The molecule has 0 spiro atoms. The highest BCUT2D eigenvalue weighted by atomic mass is 35.5. The van der Waals surface area contributed by atoms with E-state index in [9.17, 15) is 13.9 Å². The number of aliphatic hydroxyl groups is 1. The standard InChI is InChI=1S/C19H21F2NO3.ClH/c20-15-5-3-4-14(10-15)19-12-22(8-9-24-19)11-16(23)13-25-18-7-2-1-6-17(18)21;/h1-7,10,16,19,23H,8-9,11-13H2;1H. The molecule has 3 rings (SSSR count). The van der Waals surface area contributed by atoms with Crippen molar-refractivity contribution in [2.45, 2.75) is 12.2 Å². The smallest absolute Gasteiger partial charge is 0.165 e. The van der Waals surface area contributed by atoms with Crippen molar-refractivity contribution in [3.8, 4) is 5.75 Å². The Morgan fingerprint density at radius 2 is 2.00 bits per heavy atom. The van der Waals surface area contributed by atoms with Gasteiger partial charge in [-0.25, -0.2) is 8.78 Å². The van der Waals surface area contributed by atoms with E-state index in [1.807, 2.05) is 11.0 Å². The molecular weight excluding hydrogens is 364 g/mol. The van der Waals surface area contributed by atoms with Gasteiger partial charge in [-0.05, 0) is 29.8 Å². The number of hydrogen-bond acceptors (Lipinski definition) is 4. The highest BCUT2D eigenvalue weighted by Crippen LogP contribution is 2.23. The minimum Gasteiger partial charge on any atom is -0.488 e. The van der Waals surface area contributed by atoms with Crippen molar-refractivity contribution in [3.05, 3.63) is 65.7 Å². The summed E-state index contributed by atoms with van der Waals surface area (Å²) in [4.78, 5) is 2.04. The van der Waals surface area contributed by atoms with Gasteiger partial charge in [0, 0.05) is 19.6 Å². The van der Waals surface area contributed by atoms with Crippen LogP contribution in [0.5, 0.6) is 5.75 Å². The molecule has 0 saturated carbocycles. The van der Waals surface area contributed by atoms with Crippen LogP contribution in [0.4, 0.5) is 8.78 Å². The Kier molecular flexibility index (Phi) is 7.78. The van der Waals surface area contributed by atoms with Gasteiger partial charge in [-0.3, -0.25) is 4.90 Å². The van der Waals surface area contributed by atoms with Gasteiger partial charge in [0.05, 0.1) is 12.7 Å². The second-order valence-corrected chi connectivity index (χ2v) is 6.07. The van der Waals surface area contributed by atoms with Crippen LogP contribution in [0.1, 0.15) is 11.7 Å². The van der Waals surface area contributed by atoms with Crippen LogP contribution < -0.4 is 4.74 Å². The van der Waals surface area contributed by atoms with Crippen LogP contribution in [0, 0.1) is 11.6 Å². The predicted octanol–water partition coefficient (Wildman–Crippen LogP) is 3.20. The maximum Gasteiger partial charge on any atom is 0.165 e. The summed E-state index contributed by atoms with van der Waals surface area (Å²) < 4.78 is 37.9. The Morgan fingerprint density at radius 1 is 1.19 bits per heavy atom. The molecule has 1 saturated heterocycles. The normalized spacial score (nSPS) is 18.8. The number of para-hydroxylation sites is 1. The van der Waals surface area contributed by atoms with Crippen molar-refractivity contribution in [2.24, 2.45) is 0 Å². The molecule has 0 aromatic heterocycles. The molecule has 1 aliphatic heterocycles. The summed E-state index contributed by atoms with van der Waals surface area (Å²) in [6, 6.07) is 12.4. The number of ether oxygens (including phenoxy) is 2. The molecule has 26 heavy (non-hydrogen) atoms. The maximum atomic E-state index is 13.5. The van der Waals surface area contributed by atoms with Crippen molar-refractivity contribution in [2.75, 3.05) is 32.8 Å². The number of rotatable bonds is 6. The monoisotopic (exact) mass is 385 g/mol. The highest BCUT2D eigenvalue weighted by Gasteiger charge is 2.24. The third-order valence-corrected chi connectivity index (χ3v) is 4.11. The number of nitrogens with zero attached hydrogens (tertiary/aromatic N) is 1. The molecule has 7 heteroatoms. The lowest BCUT2D eigenvalue weighted by molar-refractivity contribution is -0.0461. The van der Waals surface area contributed by atoms with Crippen molar-refractivity contribution >= 4 is 12.4 Å². The van der Waals surface area contributed by atoms with Crippen molar-refractivity contribution in [1.82, 2.24) is 4.90 Å². The second-order valence-electron chi connectivity index (χ2n) is 6.07. The number of aliphatic hydroxyl groups excluding tert-OH is 1. The lowest BCUT2D eigenvalue weighted by atomic mass is 10.1. The quantitative estimate of drug-likeness (QED) is 0.829. The predicted molar refractivity (Wildman–Crippen MR) is 96.7 cm³/mol. The van der Waals surface area contributed by atoms with Crippen LogP contribution in [-0.2, 0) is 4.74 Å². The second kappa shape index (κ2) is 9.83. The Morgan fingerprint density at radius 3 is 2.77 bits per heavy atom. The van der Waals surface area contributed by atoms with Gasteiger partial charge in [0.15, 0.2) is 11.6 Å². The molecular formula is C19H22ClF2NO3. The number of β-amino-alcohol motifs (C(OH)–C–C–N with tert-alkyl or cyclic N) is 1. The summed E-state index contributed by atoms with van der Waals surface area (Å²) >= 11 is 0. The van der Waals surface area contributed by atoms with Gasteiger partial charge in [-0.1, -0.05) is 24.3 Å². The molecule has 2 atom stereocenters. The number of hydrogen-bond donors (Lipinski definition) is 1. The molecule has 0 aliphatic carbocycles. The summed E-state index contributed by atoms with van der Waals surface area (Å²) in [5, 5.41) is 10.2. The summed E-state index contributed by atoms with van der Waals surface area (Å²) in [5.74, 6) is -0.620. The van der Waals surface area contributed by atoms with Crippen molar-refractivity contribution in [1.29, 1.82) is 0 Å². The van der Waals surface area contributed by atoms with E-state index in [4.69, 9.17) is 9.47 Å². The molecule has 0 amide bonds. The number of benzene rings is 2. The van der Waals surface area contributed by atoms with E-state index < -0.39 is 11.9 Å². The van der Waals surface area contributed by atoms with Crippen LogP contribution >= 0.6 is 12.4 Å². The number of morpholine rings is 1. The fraction of sp³-hybridized carbons (Fsp3) is 0.368. The van der Waals surface area contributed by atoms with Crippen molar-refractivity contribution < 1.29 is 23.4 Å². The first kappa shape index (κ1) is 20.6. The van der Waals surface area contributed by atoms with E-state index in [0.29, 0.717) is 26.2 Å². The van der Waals surface area contributed by atoms with Gasteiger partial charge in [0.2, 0.25) is 0 Å². The van der Waals surface area contributed by atoms with Crippen LogP contribution in [-0.4, -0.2) is 49.0 Å². The first-order chi connectivity index (χ1) is 12.1. The third kappa shape index (κ3) is 5.64. The largest absolute Gasteiger partial charge is 0.488 e. The zero-order valence-corrected chi connectivity index (χ0v) is 15.0. The van der Waals surface area contributed by atoms with Crippen molar-refractivity contribution in [3.63, 3.8) is 0 Å². The average Bonchev–Trinajstić information content (AvgIpc) is 2.61. The molecule has 1 N–H and O–H groups in total. The summed E-state index contributed by atoms with van der Waals surface area (Å²) in [5.41, 5.74) is 0.779. The molecule has 2 aromatic carbocycles. The van der Waals surface area contributed by atoms with Crippen LogP contribution in [0.25, 0.3) is 0 Å². The Hall–Kier alpha value is -1.73. The van der Waals surface area contributed by atoms with Gasteiger partial charge in [0.25, 0.3) is 0 Å². The van der Waals surface area contributed by atoms with Crippen LogP contribution in [0.2, 0.25) is 0 Å². The Balaban J connectivity index is 0.00000243. The molecule has 1 heterocycles. The zero-order chi connectivity index (χ0) is 17.6. The minimum atomic E-state index is -0.758. The Labute approximate surface area is 157 Å². The minimum absolute atomic E-state index is 0. The molecule has 1 aliphatic rings. The highest BCUT2D eigenvalue weighted by molar-refractivity contribution is 5.85. The van der Waals surface area contributed by atoms with Gasteiger partial charge >= 0.3 is 0 Å². The van der Waals surface area contributed by atoms with Crippen LogP contribution in [0.3, 0.4) is 0 Å². The molecule has 0 bridgehead atoms. The zero-order valence-electron chi connectivity index (χ0n) is 14.2. The molecule has 2 aromatic rings. The SMILES string of the molecule is Cl.OC(COc1ccccc1F)CN1CCOC(c2cccc(F)c2)C1. The number of halogens is 3. The topological polar surface area (TPSA) is 41.9 Å².